The van der Waals surface area contributed by atoms with Crippen molar-refractivity contribution in [3.05, 3.63) is 29.6 Å². The number of benzene rings is 1. The molecule has 3 rings (SSSR count). The molecule has 1 saturated heterocycles. The Hall–Kier alpha value is -0.740. The Morgan fingerprint density at radius 3 is 3.06 bits per heavy atom. The van der Waals surface area contributed by atoms with Gasteiger partial charge in [0.2, 0.25) is 0 Å². The van der Waals surface area contributed by atoms with Crippen LogP contribution in [0, 0.1) is 11.7 Å². The summed E-state index contributed by atoms with van der Waals surface area (Å²) in [4.78, 5) is 0. The molecule has 1 fully saturated rings. The first kappa shape index (κ1) is 11.4. The molecule has 2 nitrogen and oxygen atoms in total. The van der Waals surface area contributed by atoms with E-state index in [1.165, 1.54) is 6.07 Å². The van der Waals surface area contributed by atoms with Crippen LogP contribution in [-0.4, -0.2) is 23.7 Å². The van der Waals surface area contributed by atoms with E-state index in [-0.39, 0.29) is 11.9 Å². The van der Waals surface area contributed by atoms with Crippen LogP contribution in [0.4, 0.5) is 4.39 Å². The molecule has 0 radical (unpaired) electrons. The van der Waals surface area contributed by atoms with Crippen molar-refractivity contribution in [1.29, 1.82) is 0 Å². The van der Waals surface area contributed by atoms with Gasteiger partial charge in [-0.2, -0.15) is 11.8 Å². The Morgan fingerprint density at radius 1 is 1.41 bits per heavy atom. The highest BCUT2D eigenvalue weighted by atomic mass is 32.2. The zero-order valence-electron chi connectivity index (χ0n) is 9.56. The second kappa shape index (κ2) is 4.50. The quantitative estimate of drug-likeness (QED) is 0.877. The molecule has 3 unspecified atom stereocenters. The molecule has 2 aliphatic heterocycles. The second-order valence-electron chi connectivity index (χ2n) is 4.89. The van der Waals surface area contributed by atoms with Crippen molar-refractivity contribution in [2.75, 3.05) is 11.5 Å². The SMILES string of the molecule is NC1CSCC1CC1Cc2cc(F)ccc2O1. The van der Waals surface area contributed by atoms with Crippen molar-refractivity contribution in [2.24, 2.45) is 11.7 Å². The lowest BCUT2D eigenvalue weighted by atomic mass is 9.95. The number of rotatable bonds is 2. The molecule has 2 heterocycles. The number of ether oxygens (including phenoxy) is 1. The molecule has 17 heavy (non-hydrogen) atoms. The van der Waals surface area contributed by atoms with E-state index in [0.717, 1.165) is 35.7 Å². The van der Waals surface area contributed by atoms with Gasteiger partial charge < -0.3 is 10.5 Å². The maximum absolute atomic E-state index is 13.1. The van der Waals surface area contributed by atoms with Crippen molar-refractivity contribution in [3.63, 3.8) is 0 Å². The van der Waals surface area contributed by atoms with Crippen molar-refractivity contribution in [2.45, 2.75) is 25.0 Å². The van der Waals surface area contributed by atoms with E-state index in [1.54, 1.807) is 12.1 Å². The summed E-state index contributed by atoms with van der Waals surface area (Å²) in [6.45, 7) is 0. The number of hydrogen-bond acceptors (Lipinski definition) is 3. The monoisotopic (exact) mass is 253 g/mol. The van der Waals surface area contributed by atoms with Gasteiger partial charge in [-0.05, 0) is 36.3 Å². The number of halogens is 1. The number of nitrogens with two attached hydrogens (primary N) is 1. The lowest BCUT2D eigenvalue weighted by Crippen LogP contribution is -2.32. The molecule has 1 aromatic rings. The highest BCUT2D eigenvalue weighted by Crippen LogP contribution is 2.34. The lowest BCUT2D eigenvalue weighted by molar-refractivity contribution is 0.194. The molecule has 2 N–H and O–H groups in total. The molecular formula is C13H16FNOS. The van der Waals surface area contributed by atoms with Gasteiger partial charge in [-0.1, -0.05) is 0 Å². The molecule has 0 bridgehead atoms. The van der Waals surface area contributed by atoms with E-state index in [0.29, 0.717) is 12.0 Å². The first-order valence-corrected chi connectivity index (χ1v) is 7.16. The zero-order valence-corrected chi connectivity index (χ0v) is 10.4. The smallest absolute Gasteiger partial charge is 0.123 e. The van der Waals surface area contributed by atoms with Gasteiger partial charge in [0.25, 0.3) is 0 Å². The van der Waals surface area contributed by atoms with Crippen molar-refractivity contribution in [1.82, 2.24) is 0 Å². The predicted octanol–water partition coefficient (Wildman–Crippen LogP) is 2.21. The van der Waals surface area contributed by atoms with Crippen LogP contribution < -0.4 is 10.5 Å². The highest BCUT2D eigenvalue weighted by molar-refractivity contribution is 7.99. The number of hydrogen-bond donors (Lipinski definition) is 1. The fourth-order valence-electron chi connectivity index (χ4n) is 2.62. The minimum atomic E-state index is -0.180. The van der Waals surface area contributed by atoms with Gasteiger partial charge in [0.05, 0.1) is 0 Å². The van der Waals surface area contributed by atoms with Crippen LogP contribution in [0.15, 0.2) is 18.2 Å². The van der Waals surface area contributed by atoms with E-state index in [1.807, 2.05) is 11.8 Å². The fraction of sp³-hybridized carbons (Fsp3) is 0.538. The van der Waals surface area contributed by atoms with Gasteiger partial charge in [0.1, 0.15) is 17.7 Å². The average Bonchev–Trinajstić information content (AvgIpc) is 2.85. The fourth-order valence-corrected chi connectivity index (χ4v) is 3.98. The maximum atomic E-state index is 13.1. The van der Waals surface area contributed by atoms with Gasteiger partial charge in [-0.3, -0.25) is 0 Å². The van der Waals surface area contributed by atoms with Crippen molar-refractivity contribution < 1.29 is 9.13 Å². The van der Waals surface area contributed by atoms with E-state index in [4.69, 9.17) is 10.5 Å². The largest absolute Gasteiger partial charge is 0.490 e. The molecule has 92 valence electrons. The number of fused-ring (bicyclic) bond motifs is 1. The Bertz CT molecular complexity index is 426. The van der Waals surface area contributed by atoms with Crippen LogP contribution in [0.2, 0.25) is 0 Å². The third kappa shape index (κ3) is 2.29. The minimum absolute atomic E-state index is 0.180. The Labute approximate surface area is 105 Å². The van der Waals surface area contributed by atoms with Crippen LogP contribution in [-0.2, 0) is 6.42 Å². The van der Waals surface area contributed by atoms with Gasteiger partial charge in [-0.25, -0.2) is 4.39 Å². The summed E-state index contributed by atoms with van der Waals surface area (Å²) in [6, 6.07) is 5.06. The molecular weight excluding hydrogens is 237 g/mol. The summed E-state index contributed by atoms with van der Waals surface area (Å²) in [7, 11) is 0. The van der Waals surface area contributed by atoms with Gasteiger partial charge in [0, 0.05) is 23.8 Å². The molecule has 1 aromatic carbocycles. The second-order valence-corrected chi connectivity index (χ2v) is 5.97. The van der Waals surface area contributed by atoms with Gasteiger partial charge >= 0.3 is 0 Å². The highest BCUT2D eigenvalue weighted by Gasteiger charge is 2.31. The van der Waals surface area contributed by atoms with Crippen LogP contribution in [0.25, 0.3) is 0 Å². The third-order valence-electron chi connectivity index (χ3n) is 3.58. The minimum Gasteiger partial charge on any atom is -0.490 e. The molecule has 0 saturated carbocycles. The molecule has 3 atom stereocenters. The molecule has 0 amide bonds. The summed E-state index contributed by atoms with van der Waals surface area (Å²) in [6.07, 6.45) is 1.99. The Balaban J connectivity index is 1.66. The lowest BCUT2D eigenvalue weighted by Gasteiger charge is -2.18. The normalized spacial score (nSPS) is 31.3. The Morgan fingerprint density at radius 2 is 2.29 bits per heavy atom. The summed E-state index contributed by atoms with van der Waals surface area (Å²) in [5.74, 6) is 3.39. The van der Waals surface area contributed by atoms with Crippen LogP contribution in [0.5, 0.6) is 5.75 Å². The van der Waals surface area contributed by atoms with E-state index >= 15 is 0 Å². The van der Waals surface area contributed by atoms with Crippen LogP contribution >= 0.6 is 11.8 Å². The summed E-state index contributed by atoms with van der Waals surface area (Å²) >= 11 is 1.92. The summed E-state index contributed by atoms with van der Waals surface area (Å²) < 4.78 is 18.9. The predicted molar refractivity (Wildman–Crippen MR) is 67.9 cm³/mol. The maximum Gasteiger partial charge on any atom is 0.123 e. The Kier molecular flexibility index (Phi) is 3.01. The van der Waals surface area contributed by atoms with Crippen LogP contribution in [0.1, 0.15) is 12.0 Å². The van der Waals surface area contributed by atoms with Crippen molar-refractivity contribution in [3.8, 4) is 5.75 Å². The van der Waals surface area contributed by atoms with Crippen molar-refractivity contribution >= 4 is 11.8 Å². The zero-order chi connectivity index (χ0) is 11.8. The molecule has 0 aromatic heterocycles. The molecule has 2 aliphatic rings. The average molecular weight is 253 g/mol. The summed E-state index contributed by atoms with van der Waals surface area (Å²) in [5, 5.41) is 0. The standard InChI is InChI=1S/C13H16FNOS/c14-10-1-2-13-8(3-10)4-11(16-13)5-9-6-17-7-12(9)15/h1-3,9,11-12H,4-7,15H2. The van der Waals surface area contributed by atoms with E-state index in [9.17, 15) is 4.39 Å². The van der Waals surface area contributed by atoms with Crippen LogP contribution in [0.3, 0.4) is 0 Å². The summed E-state index contributed by atoms with van der Waals surface area (Å²) in [5.41, 5.74) is 7.04. The van der Waals surface area contributed by atoms with E-state index in [2.05, 4.69) is 0 Å². The first-order valence-electron chi connectivity index (χ1n) is 6.01. The third-order valence-corrected chi connectivity index (χ3v) is 4.86. The van der Waals surface area contributed by atoms with Gasteiger partial charge in [0.15, 0.2) is 0 Å². The topological polar surface area (TPSA) is 35.2 Å². The van der Waals surface area contributed by atoms with E-state index < -0.39 is 0 Å². The molecule has 0 spiro atoms. The molecule has 0 aliphatic carbocycles. The van der Waals surface area contributed by atoms with Gasteiger partial charge in [-0.15, -0.1) is 0 Å². The first-order chi connectivity index (χ1) is 8.22. The molecule has 4 heteroatoms. The number of thioether (sulfide) groups is 1.